The Bertz CT molecular complexity index is 1300. The van der Waals surface area contributed by atoms with Crippen LogP contribution in [0.15, 0.2) is 54.6 Å². The van der Waals surface area contributed by atoms with Crippen LogP contribution >= 0.6 is 0 Å². The Labute approximate surface area is 209 Å². The Hall–Kier alpha value is -3.87. The van der Waals surface area contributed by atoms with E-state index in [1.54, 1.807) is 12.1 Å². The number of hydrogen-bond acceptors (Lipinski definition) is 4. The van der Waals surface area contributed by atoms with Gasteiger partial charge in [0.15, 0.2) is 0 Å². The molecule has 0 radical (unpaired) electrons. The van der Waals surface area contributed by atoms with Crippen molar-refractivity contribution in [3.05, 3.63) is 88.2 Å². The number of para-hydroxylation sites is 1. The lowest BCUT2D eigenvalue weighted by Crippen LogP contribution is -2.30. The fourth-order valence-electron chi connectivity index (χ4n) is 4.91. The average molecular weight is 490 g/mol. The summed E-state index contributed by atoms with van der Waals surface area (Å²) in [6, 6.07) is 16.6. The fraction of sp³-hybridized carbons (Fsp3) is 0.310. The minimum atomic E-state index is -0.964. The number of halogens is 1. The van der Waals surface area contributed by atoms with Crippen LogP contribution in [0.1, 0.15) is 40.7 Å². The number of benzene rings is 3. The number of amides is 1. The van der Waals surface area contributed by atoms with Crippen molar-refractivity contribution < 1.29 is 28.6 Å². The van der Waals surface area contributed by atoms with Gasteiger partial charge in [0.25, 0.3) is 0 Å². The second-order valence-corrected chi connectivity index (χ2v) is 9.20. The van der Waals surface area contributed by atoms with E-state index < -0.39 is 11.8 Å². The predicted octanol–water partition coefficient (Wildman–Crippen LogP) is 4.88. The maximum Gasteiger partial charge on any atom is 0.303 e. The molecule has 3 aromatic rings. The molecule has 2 aliphatic heterocycles. The normalized spacial score (nSPS) is 13.8. The van der Waals surface area contributed by atoms with Gasteiger partial charge in [-0.2, -0.15) is 0 Å². The number of carbonyl (C=O) groups excluding carboxylic acids is 1. The molecule has 2 heterocycles. The molecule has 0 saturated carbocycles. The highest BCUT2D eigenvalue weighted by Crippen LogP contribution is 2.34. The number of ether oxygens (including phenoxy) is 2. The molecule has 2 aliphatic rings. The van der Waals surface area contributed by atoms with Gasteiger partial charge in [-0.3, -0.25) is 9.59 Å². The molecule has 5 rings (SSSR count). The Morgan fingerprint density at radius 1 is 0.972 bits per heavy atom. The predicted molar refractivity (Wildman–Crippen MR) is 133 cm³/mol. The third kappa shape index (κ3) is 5.20. The molecule has 0 saturated heterocycles. The third-order valence-corrected chi connectivity index (χ3v) is 6.79. The minimum absolute atomic E-state index is 0.0757. The lowest BCUT2D eigenvalue weighted by atomic mass is 10.0. The van der Waals surface area contributed by atoms with Crippen LogP contribution in [0.2, 0.25) is 0 Å². The lowest BCUT2D eigenvalue weighted by molar-refractivity contribution is -0.137. The number of fused-ring (bicyclic) bond motifs is 2. The van der Waals surface area contributed by atoms with Crippen molar-refractivity contribution >= 4 is 17.6 Å². The molecule has 0 spiro atoms. The van der Waals surface area contributed by atoms with Crippen LogP contribution < -0.4 is 14.4 Å². The monoisotopic (exact) mass is 489 g/mol. The van der Waals surface area contributed by atoms with E-state index in [1.165, 1.54) is 11.6 Å². The van der Waals surface area contributed by atoms with E-state index in [-0.39, 0.29) is 25.4 Å². The summed E-state index contributed by atoms with van der Waals surface area (Å²) in [6.45, 7) is 1.55. The van der Waals surface area contributed by atoms with E-state index in [4.69, 9.17) is 14.6 Å². The van der Waals surface area contributed by atoms with Crippen molar-refractivity contribution in [1.82, 2.24) is 0 Å². The quantitative estimate of drug-likeness (QED) is 0.464. The second-order valence-electron chi connectivity index (χ2n) is 9.20. The first-order valence-corrected chi connectivity index (χ1v) is 12.3. The minimum Gasteiger partial charge on any atom is -0.493 e. The summed E-state index contributed by atoms with van der Waals surface area (Å²) in [7, 11) is 0. The Morgan fingerprint density at radius 3 is 2.69 bits per heavy atom. The molecule has 36 heavy (non-hydrogen) atoms. The summed E-state index contributed by atoms with van der Waals surface area (Å²) in [5, 5.41) is 8.81. The summed E-state index contributed by atoms with van der Waals surface area (Å²) in [6.07, 6.45) is 2.79. The van der Waals surface area contributed by atoms with Gasteiger partial charge in [-0.25, -0.2) is 4.39 Å². The van der Waals surface area contributed by atoms with Crippen molar-refractivity contribution in [3.8, 4) is 11.5 Å². The first-order chi connectivity index (χ1) is 17.5. The average Bonchev–Trinajstić information content (AvgIpc) is 3.52. The topological polar surface area (TPSA) is 76.1 Å². The molecule has 1 N–H and O–H groups in total. The van der Waals surface area contributed by atoms with Crippen LogP contribution in [0.25, 0.3) is 0 Å². The molecule has 6 nitrogen and oxygen atoms in total. The highest BCUT2D eigenvalue weighted by atomic mass is 19.1. The van der Waals surface area contributed by atoms with Crippen molar-refractivity contribution in [2.45, 2.75) is 45.1 Å². The summed E-state index contributed by atoms with van der Waals surface area (Å²) in [5.41, 5.74) is 5.56. The summed E-state index contributed by atoms with van der Waals surface area (Å²) in [4.78, 5) is 25.8. The molecule has 7 heteroatoms. The van der Waals surface area contributed by atoms with Crippen LogP contribution in [0.3, 0.4) is 0 Å². The standard InChI is InChI=1S/C29H28FNO5/c30-25-17-24(8-6-20(25)7-11-28(33)34)36-18-23-3-1-2-21-12-14-31(29(21)23)27(32)10-5-19-4-9-26-22(16-19)13-15-35-26/h1-4,6,8-9,16-17H,5,7,10-15,18H2,(H,33,34). The van der Waals surface area contributed by atoms with Crippen molar-refractivity contribution in [2.75, 3.05) is 18.1 Å². The van der Waals surface area contributed by atoms with Crippen molar-refractivity contribution in [2.24, 2.45) is 0 Å². The smallest absolute Gasteiger partial charge is 0.303 e. The van der Waals surface area contributed by atoms with Crippen LogP contribution in [0.4, 0.5) is 10.1 Å². The molecular formula is C29H28FNO5. The summed E-state index contributed by atoms with van der Waals surface area (Å²) < 4.78 is 25.8. The van der Waals surface area contributed by atoms with Gasteiger partial charge in [0.1, 0.15) is 23.9 Å². The molecule has 3 aromatic carbocycles. The zero-order valence-corrected chi connectivity index (χ0v) is 20.0. The van der Waals surface area contributed by atoms with Gasteiger partial charge in [0.2, 0.25) is 5.91 Å². The van der Waals surface area contributed by atoms with Crippen LogP contribution in [0, 0.1) is 5.82 Å². The number of carboxylic acids is 1. The zero-order valence-electron chi connectivity index (χ0n) is 20.0. The molecule has 0 fully saturated rings. The van der Waals surface area contributed by atoms with E-state index in [2.05, 4.69) is 6.07 Å². The van der Waals surface area contributed by atoms with Gasteiger partial charge in [0, 0.05) is 37.4 Å². The number of aliphatic carboxylic acids is 1. The van der Waals surface area contributed by atoms with Crippen LogP contribution in [-0.4, -0.2) is 30.1 Å². The molecule has 1 amide bonds. The highest BCUT2D eigenvalue weighted by molar-refractivity contribution is 5.96. The molecule has 0 unspecified atom stereocenters. The number of nitrogens with zero attached hydrogens (tertiary/aromatic N) is 1. The number of rotatable bonds is 9. The Kier molecular flexibility index (Phi) is 6.89. The Balaban J connectivity index is 1.24. The second kappa shape index (κ2) is 10.4. The number of carbonyl (C=O) groups is 2. The number of anilines is 1. The Morgan fingerprint density at radius 2 is 1.86 bits per heavy atom. The van der Waals surface area contributed by atoms with Gasteiger partial charge in [-0.15, -0.1) is 0 Å². The van der Waals surface area contributed by atoms with E-state index in [0.717, 1.165) is 41.0 Å². The highest BCUT2D eigenvalue weighted by Gasteiger charge is 2.27. The largest absolute Gasteiger partial charge is 0.493 e. The van der Waals surface area contributed by atoms with E-state index in [9.17, 15) is 14.0 Å². The van der Waals surface area contributed by atoms with Crippen molar-refractivity contribution in [1.29, 1.82) is 0 Å². The van der Waals surface area contributed by atoms with Gasteiger partial charge < -0.3 is 19.5 Å². The zero-order chi connectivity index (χ0) is 25.1. The maximum atomic E-state index is 14.4. The molecule has 0 bridgehead atoms. The van der Waals surface area contributed by atoms with E-state index >= 15 is 0 Å². The number of hydrogen-bond donors (Lipinski definition) is 1. The third-order valence-electron chi connectivity index (χ3n) is 6.79. The maximum absolute atomic E-state index is 14.4. The van der Waals surface area contributed by atoms with Gasteiger partial charge in [-0.1, -0.05) is 36.4 Å². The summed E-state index contributed by atoms with van der Waals surface area (Å²) in [5.74, 6) is -0.0685. The first kappa shape index (κ1) is 23.9. The van der Waals surface area contributed by atoms with E-state index in [1.807, 2.05) is 35.2 Å². The summed E-state index contributed by atoms with van der Waals surface area (Å²) >= 11 is 0. The van der Waals surface area contributed by atoms with Crippen LogP contribution in [-0.2, 0) is 41.9 Å². The van der Waals surface area contributed by atoms with Gasteiger partial charge in [-0.05, 0) is 53.6 Å². The molecule has 0 aliphatic carbocycles. The molecule has 0 atom stereocenters. The lowest BCUT2D eigenvalue weighted by Gasteiger charge is -2.21. The number of aryl methyl sites for hydroxylation is 2. The SMILES string of the molecule is O=C(O)CCc1ccc(OCc2cccc3c2N(C(=O)CCc2ccc4c(c2)CCO4)CC3)cc1F. The van der Waals surface area contributed by atoms with Gasteiger partial charge >= 0.3 is 5.97 Å². The van der Waals surface area contributed by atoms with Gasteiger partial charge in [0.05, 0.1) is 12.3 Å². The molecule has 186 valence electrons. The van der Waals surface area contributed by atoms with Crippen LogP contribution in [0.5, 0.6) is 11.5 Å². The van der Waals surface area contributed by atoms with Crippen molar-refractivity contribution in [3.63, 3.8) is 0 Å². The molecular weight excluding hydrogens is 461 g/mol. The van der Waals surface area contributed by atoms with E-state index in [0.29, 0.717) is 37.3 Å². The number of carboxylic acid groups (broad SMARTS) is 1. The molecule has 0 aromatic heterocycles. The first-order valence-electron chi connectivity index (χ1n) is 12.3. The fourth-order valence-corrected chi connectivity index (χ4v) is 4.91.